The van der Waals surface area contributed by atoms with Crippen LogP contribution < -0.4 is 0 Å². The zero-order valence-electron chi connectivity index (χ0n) is 10.3. The molecule has 0 atom stereocenters. The molecule has 1 aromatic carbocycles. The molecule has 0 amide bonds. The zero-order valence-corrected chi connectivity index (χ0v) is 11.9. The van der Waals surface area contributed by atoms with E-state index in [1.807, 2.05) is 6.07 Å². The van der Waals surface area contributed by atoms with Gasteiger partial charge in [-0.05, 0) is 18.1 Å². The highest BCUT2D eigenvalue weighted by molar-refractivity contribution is 9.10. The number of hydrogen-bond acceptors (Lipinski definition) is 3. The Kier molecular flexibility index (Phi) is 3.84. The van der Waals surface area contributed by atoms with Gasteiger partial charge in [0.2, 0.25) is 0 Å². The molecule has 0 fully saturated rings. The van der Waals surface area contributed by atoms with Crippen molar-refractivity contribution in [1.82, 2.24) is 4.98 Å². The van der Waals surface area contributed by atoms with E-state index in [9.17, 15) is 0 Å². The molecule has 0 saturated carbocycles. The number of ether oxygens (including phenoxy) is 1. The van der Waals surface area contributed by atoms with Crippen molar-refractivity contribution in [3.05, 3.63) is 28.1 Å². The van der Waals surface area contributed by atoms with Gasteiger partial charge in [-0.15, -0.1) is 0 Å². The van der Waals surface area contributed by atoms with Crippen molar-refractivity contribution in [2.45, 2.75) is 26.2 Å². The van der Waals surface area contributed by atoms with Gasteiger partial charge in [-0.2, -0.15) is 0 Å². The first-order valence-corrected chi connectivity index (χ1v) is 6.49. The molecule has 0 spiro atoms. The van der Waals surface area contributed by atoms with Crippen molar-refractivity contribution in [3.63, 3.8) is 0 Å². The molecule has 3 nitrogen and oxygen atoms in total. The molecule has 0 aliphatic carbocycles. The lowest BCUT2D eigenvalue weighted by atomic mass is 10.0. The van der Waals surface area contributed by atoms with E-state index in [2.05, 4.69) is 40.8 Å². The Balaban J connectivity index is 2.47. The quantitative estimate of drug-likeness (QED) is 0.858. The first kappa shape index (κ1) is 12.6. The molecule has 0 bridgehead atoms. The summed E-state index contributed by atoms with van der Waals surface area (Å²) in [5, 5.41) is 0. The van der Waals surface area contributed by atoms with E-state index in [1.165, 1.54) is 5.56 Å². The summed E-state index contributed by atoms with van der Waals surface area (Å²) in [6, 6.07) is 4.08. The van der Waals surface area contributed by atoms with E-state index in [4.69, 9.17) is 9.15 Å². The van der Waals surface area contributed by atoms with Crippen LogP contribution in [-0.4, -0.2) is 18.7 Å². The molecule has 0 aliphatic heterocycles. The average Bonchev–Trinajstić information content (AvgIpc) is 2.67. The van der Waals surface area contributed by atoms with Crippen LogP contribution >= 0.6 is 15.9 Å². The van der Waals surface area contributed by atoms with Crippen molar-refractivity contribution < 1.29 is 9.15 Å². The molecule has 1 heterocycles. The molecule has 0 saturated heterocycles. The second-order valence-corrected chi connectivity index (χ2v) is 5.26. The zero-order chi connectivity index (χ0) is 12.4. The lowest BCUT2D eigenvalue weighted by Gasteiger charge is -2.05. The van der Waals surface area contributed by atoms with E-state index in [1.54, 1.807) is 7.11 Å². The maximum Gasteiger partial charge on any atom is 0.197 e. The SMILES string of the molecule is COCCc1nc2cc(Br)cc(C(C)C)c2o1. The van der Waals surface area contributed by atoms with Crippen molar-refractivity contribution in [2.75, 3.05) is 13.7 Å². The standard InChI is InChI=1S/C13H16BrNO2/c1-8(2)10-6-9(14)7-11-13(10)17-12(15-11)4-5-16-3/h6-8H,4-5H2,1-3H3. The number of fused-ring (bicyclic) bond motifs is 1. The predicted molar refractivity (Wildman–Crippen MR) is 71.4 cm³/mol. The summed E-state index contributed by atoms with van der Waals surface area (Å²) >= 11 is 3.51. The monoisotopic (exact) mass is 297 g/mol. The van der Waals surface area contributed by atoms with E-state index in [0.29, 0.717) is 18.9 Å². The van der Waals surface area contributed by atoms with Gasteiger partial charge in [-0.25, -0.2) is 4.98 Å². The molecule has 17 heavy (non-hydrogen) atoms. The van der Waals surface area contributed by atoms with Gasteiger partial charge in [0, 0.05) is 23.6 Å². The summed E-state index contributed by atoms with van der Waals surface area (Å²) in [7, 11) is 1.68. The molecule has 0 N–H and O–H groups in total. The van der Waals surface area contributed by atoms with Crippen molar-refractivity contribution in [1.29, 1.82) is 0 Å². The minimum Gasteiger partial charge on any atom is -0.440 e. The molecule has 4 heteroatoms. The molecular formula is C13H16BrNO2. The first-order valence-electron chi connectivity index (χ1n) is 5.69. The summed E-state index contributed by atoms with van der Waals surface area (Å²) in [5.41, 5.74) is 2.99. The van der Waals surface area contributed by atoms with Crippen LogP contribution in [0.5, 0.6) is 0 Å². The maximum atomic E-state index is 5.81. The number of benzene rings is 1. The number of methoxy groups -OCH3 is 1. The Hall–Kier alpha value is -0.870. The minimum atomic E-state index is 0.415. The molecule has 2 rings (SSSR count). The third kappa shape index (κ3) is 2.69. The Labute approximate surface area is 109 Å². The number of oxazole rings is 1. The van der Waals surface area contributed by atoms with Crippen LogP contribution in [0.2, 0.25) is 0 Å². The topological polar surface area (TPSA) is 35.3 Å². The highest BCUT2D eigenvalue weighted by Crippen LogP contribution is 2.30. The average molecular weight is 298 g/mol. The largest absolute Gasteiger partial charge is 0.440 e. The smallest absolute Gasteiger partial charge is 0.197 e. The lowest BCUT2D eigenvalue weighted by molar-refractivity contribution is 0.196. The number of aromatic nitrogens is 1. The number of rotatable bonds is 4. The summed E-state index contributed by atoms with van der Waals surface area (Å²) in [5.74, 6) is 1.15. The normalized spacial score (nSPS) is 11.6. The molecule has 2 aromatic rings. The Morgan fingerprint density at radius 2 is 2.18 bits per heavy atom. The van der Waals surface area contributed by atoms with Crippen LogP contribution in [0.3, 0.4) is 0 Å². The molecule has 0 unspecified atom stereocenters. The van der Waals surface area contributed by atoms with Crippen molar-refractivity contribution in [3.8, 4) is 0 Å². The fraction of sp³-hybridized carbons (Fsp3) is 0.462. The summed E-state index contributed by atoms with van der Waals surface area (Å²) in [6.45, 7) is 4.93. The second kappa shape index (κ2) is 5.19. The second-order valence-electron chi connectivity index (χ2n) is 4.35. The van der Waals surface area contributed by atoms with Gasteiger partial charge in [0.05, 0.1) is 6.61 Å². The van der Waals surface area contributed by atoms with E-state index < -0.39 is 0 Å². The van der Waals surface area contributed by atoms with Crippen LogP contribution in [0.4, 0.5) is 0 Å². The lowest BCUT2D eigenvalue weighted by Crippen LogP contribution is -1.93. The highest BCUT2D eigenvalue weighted by atomic mass is 79.9. The van der Waals surface area contributed by atoms with Crippen LogP contribution in [0.15, 0.2) is 21.0 Å². The maximum absolute atomic E-state index is 5.81. The Bertz CT molecular complexity index is 519. The van der Waals surface area contributed by atoms with E-state index in [-0.39, 0.29) is 0 Å². The Morgan fingerprint density at radius 1 is 1.41 bits per heavy atom. The third-order valence-electron chi connectivity index (χ3n) is 2.67. The van der Waals surface area contributed by atoms with Gasteiger partial charge in [-0.1, -0.05) is 29.8 Å². The van der Waals surface area contributed by atoms with Crippen molar-refractivity contribution in [2.24, 2.45) is 0 Å². The fourth-order valence-electron chi connectivity index (χ4n) is 1.79. The number of hydrogen-bond donors (Lipinski definition) is 0. The molecule has 1 aromatic heterocycles. The van der Waals surface area contributed by atoms with Gasteiger partial charge >= 0.3 is 0 Å². The number of nitrogens with zero attached hydrogens (tertiary/aromatic N) is 1. The third-order valence-corrected chi connectivity index (χ3v) is 3.13. The first-order chi connectivity index (χ1) is 8.11. The molecule has 92 valence electrons. The van der Waals surface area contributed by atoms with E-state index in [0.717, 1.165) is 21.5 Å². The summed E-state index contributed by atoms with van der Waals surface area (Å²) < 4.78 is 11.9. The van der Waals surface area contributed by atoms with Gasteiger partial charge in [0.15, 0.2) is 11.5 Å². The predicted octanol–water partition coefficient (Wildman–Crippen LogP) is 3.90. The fourth-order valence-corrected chi connectivity index (χ4v) is 2.26. The van der Waals surface area contributed by atoms with Crippen LogP contribution in [0.1, 0.15) is 31.2 Å². The van der Waals surface area contributed by atoms with Crippen LogP contribution in [-0.2, 0) is 11.2 Å². The van der Waals surface area contributed by atoms with E-state index >= 15 is 0 Å². The Morgan fingerprint density at radius 3 is 2.82 bits per heavy atom. The van der Waals surface area contributed by atoms with Gasteiger partial charge in [0.1, 0.15) is 5.52 Å². The highest BCUT2D eigenvalue weighted by Gasteiger charge is 2.13. The van der Waals surface area contributed by atoms with Gasteiger partial charge < -0.3 is 9.15 Å². The molecule has 0 radical (unpaired) electrons. The summed E-state index contributed by atoms with van der Waals surface area (Å²) in [6.07, 6.45) is 0.709. The van der Waals surface area contributed by atoms with Crippen LogP contribution in [0.25, 0.3) is 11.1 Å². The van der Waals surface area contributed by atoms with Crippen LogP contribution in [0, 0.1) is 0 Å². The van der Waals surface area contributed by atoms with Gasteiger partial charge in [-0.3, -0.25) is 0 Å². The molecule has 0 aliphatic rings. The minimum absolute atomic E-state index is 0.415. The summed E-state index contributed by atoms with van der Waals surface area (Å²) in [4.78, 5) is 4.48. The number of halogens is 1. The van der Waals surface area contributed by atoms with Crippen molar-refractivity contribution >= 4 is 27.0 Å². The molecular weight excluding hydrogens is 282 g/mol. The van der Waals surface area contributed by atoms with Gasteiger partial charge in [0.25, 0.3) is 0 Å².